The fourth-order valence-corrected chi connectivity index (χ4v) is 2.12. The first-order valence-electron chi connectivity index (χ1n) is 5.88. The third-order valence-electron chi connectivity index (χ3n) is 2.85. The molecule has 0 aliphatic carbocycles. The minimum atomic E-state index is -4.51. The van der Waals surface area contributed by atoms with Crippen LogP contribution in [0.4, 0.5) is 24.7 Å². The highest BCUT2D eigenvalue weighted by Gasteiger charge is 2.33. The quantitative estimate of drug-likeness (QED) is 0.738. The van der Waals surface area contributed by atoms with Crippen LogP contribution in [0.15, 0.2) is 36.5 Å². The third kappa shape index (κ3) is 2.64. The van der Waals surface area contributed by atoms with E-state index in [9.17, 15) is 13.2 Å². The summed E-state index contributed by atoms with van der Waals surface area (Å²) in [6.45, 7) is 0. The molecule has 108 valence electrons. The molecule has 2 N–H and O–H groups in total. The molecular weight excluding hydrogens is 305 g/mol. The zero-order valence-corrected chi connectivity index (χ0v) is 11.1. The number of anilines is 2. The molecule has 2 aromatic heterocycles. The van der Waals surface area contributed by atoms with Crippen LogP contribution in [0.2, 0.25) is 5.02 Å². The third-order valence-corrected chi connectivity index (χ3v) is 3.18. The first-order valence-corrected chi connectivity index (χ1v) is 6.26. The normalized spacial score (nSPS) is 11.8. The summed E-state index contributed by atoms with van der Waals surface area (Å²) in [5.74, 6) is 0.348. The number of alkyl halides is 3. The number of nitrogens with one attached hydrogen (secondary N) is 2. The molecule has 0 fully saturated rings. The van der Waals surface area contributed by atoms with Gasteiger partial charge in [0.05, 0.1) is 16.1 Å². The van der Waals surface area contributed by atoms with Gasteiger partial charge in [0.15, 0.2) is 5.82 Å². The van der Waals surface area contributed by atoms with Gasteiger partial charge in [-0.1, -0.05) is 11.6 Å². The second-order valence-electron chi connectivity index (χ2n) is 4.29. The van der Waals surface area contributed by atoms with E-state index in [2.05, 4.69) is 20.5 Å². The summed E-state index contributed by atoms with van der Waals surface area (Å²) in [4.78, 5) is 4.12. The SMILES string of the molecule is FC(F)(F)c1cc(Nc2n[nH]c3cccnc23)ccc1Cl. The molecule has 0 aliphatic heterocycles. The average Bonchev–Trinajstić information content (AvgIpc) is 2.83. The number of nitrogens with zero attached hydrogens (tertiary/aromatic N) is 2. The Labute approximate surface area is 122 Å². The van der Waals surface area contributed by atoms with Gasteiger partial charge in [0.25, 0.3) is 0 Å². The van der Waals surface area contributed by atoms with E-state index in [0.29, 0.717) is 16.9 Å². The number of hydrogen-bond donors (Lipinski definition) is 2. The van der Waals surface area contributed by atoms with Crippen LogP contribution in [-0.4, -0.2) is 15.2 Å². The van der Waals surface area contributed by atoms with Crippen molar-refractivity contribution in [1.82, 2.24) is 15.2 Å². The molecule has 0 amide bonds. The maximum atomic E-state index is 12.8. The lowest BCUT2D eigenvalue weighted by Gasteiger charge is -2.11. The van der Waals surface area contributed by atoms with E-state index < -0.39 is 11.7 Å². The molecule has 3 rings (SSSR count). The van der Waals surface area contributed by atoms with Gasteiger partial charge in [-0.05, 0) is 30.3 Å². The molecule has 0 spiro atoms. The minimum Gasteiger partial charge on any atom is -0.337 e. The molecule has 4 nitrogen and oxygen atoms in total. The molecule has 21 heavy (non-hydrogen) atoms. The number of aromatic nitrogens is 3. The Balaban J connectivity index is 1.99. The number of halogens is 4. The maximum absolute atomic E-state index is 12.8. The van der Waals surface area contributed by atoms with Crippen LogP contribution in [0.25, 0.3) is 11.0 Å². The van der Waals surface area contributed by atoms with E-state index in [1.165, 1.54) is 12.1 Å². The van der Waals surface area contributed by atoms with Gasteiger partial charge in [0, 0.05) is 11.9 Å². The standard InChI is InChI=1S/C13H8ClF3N4/c14-9-4-3-7(6-8(9)13(15,16)17)19-12-11-10(20-21-12)2-1-5-18-11/h1-6H,(H2,19,20,21). The molecule has 3 aromatic rings. The van der Waals surface area contributed by atoms with Crippen LogP contribution in [0.5, 0.6) is 0 Å². The van der Waals surface area contributed by atoms with Crippen molar-refractivity contribution in [3.63, 3.8) is 0 Å². The Hall–Kier alpha value is -2.28. The van der Waals surface area contributed by atoms with Crippen LogP contribution < -0.4 is 5.32 Å². The van der Waals surface area contributed by atoms with Gasteiger partial charge in [0.2, 0.25) is 0 Å². The lowest BCUT2D eigenvalue weighted by Crippen LogP contribution is -2.06. The maximum Gasteiger partial charge on any atom is 0.417 e. The van der Waals surface area contributed by atoms with Gasteiger partial charge < -0.3 is 5.32 Å². The first kappa shape index (κ1) is 13.7. The van der Waals surface area contributed by atoms with Crippen LogP contribution in [0, 0.1) is 0 Å². The second kappa shape index (κ2) is 4.92. The Morgan fingerprint density at radius 3 is 2.76 bits per heavy atom. The number of pyridine rings is 1. The zero-order chi connectivity index (χ0) is 15.0. The molecule has 0 atom stereocenters. The number of H-pyrrole nitrogens is 1. The molecule has 0 unspecified atom stereocenters. The van der Waals surface area contributed by atoms with Crippen molar-refractivity contribution in [2.45, 2.75) is 6.18 Å². The van der Waals surface area contributed by atoms with Crippen LogP contribution in [0.1, 0.15) is 5.56 Å². The fraction of sp³-hybridized carbons (Fsp3) is 0.0769. The molecule has 0 radical (unpaired) electrons. The van der Waals surface area contributed by atoms with E-state index >= 15 is 0 Å². The van der Waals surface area contributed by atoms with Crippen LogP contribution in [0.3, 0.4) is 0 Å². The Bertz CT molecular complexity index is 797. The van der Waals surface area contributed by atoms with Crippen molar-refractivity contribution < 1.29 is 13.2 Å². The highest BCUT2D eigenvalue weighted by atomic mass is 35.5. The second-order valence-corrected chi connectivity index (χ2v) is 4.70. The van der Waals surface area contributed by atoms with Gasteiger partial charge in [0.1, 0.15) is 5.52 Å². The summed E-state index contributed by atoms with van der Waals surface area (Å²) in [5, 5.41) is 9.19. The van der Waals surface area contributed by atoms with E-state index in [-0.39, 0.29) is 10.7 Å². The van der Waals surface area contributed by atoms with Crippen molar-refractivity contribution >= 4 is 34.1 Å². The Morgan fingerprint density at radius 1 is 1.19 bits per heavy atom. The van der Waals surface area contributed by atoms with Crippen molar-refractivity contribution in [3.05, 3.63) is 47.1 Å². The van der Waals surface area contributed by atoms with E-state index in [1.54, 1.807) is 18.3 Å². The zero-order valence-electron chi connectivity index (χ0n) is 10.4. The van der Waals surface area contributed by atoms with Crippen molar-refractivity contribution in [3.8, 4) is 0 Å². The summed E-state index contributed by atoms with van der Waals surface area (Å²) in [5.41, 5.74) is 0.554. The highest BCUT2D eigenvalue weighted by Crippen LogP contribution is 2.36. The highest BCUT2D eigenvalue weighted by molar-refractivity contribution is 6.31. The molecule has 8 heteroatoms. The largest absolute Gasteiger partial charge is 0.417 e. The van der Waals surface area contributed by atoms with Crippen molar-refractivity contribution in [1.29, 1.82) is 0 Å². The van der Waals surface area contributed by atoms with Gasteiger partial charge in [-0.25, -0.2) is 0 Å². The summed E-state index contributed by atoms with van der Waals surface area (Å²) in [6, 6.07) is 7.07. The molecular formula is C13H8ClF3N4. The first-order chi connectivity index (χ1) is 9.95. The van der Waals surface area contributed by atoms with E-state index in [1.807, 2.05) is 0 Å². The Morgan fingerprint density at radius 2 is 2.00 bits per heavy atom. The summed E-state index contributed by atoms with van der Waals surface area (Å²) >= 11 is 5.58. The fourth-order valence-electron chi connectivity index (χ4n) is 1.90. The van der Waals surface area contributed by atoms with Gasteiger partial charge in [-0.3, -0.25) is 10.1 Å². The number of aromatic amines is 1. The predicted octanol–water partition coefficient (Wildman–Crippen LogP) is 4.37. The molecule has 0 saturated carbocycles. The molecule has 0 aliphatic rings. The molecule has 0 bridgehead atoms. The van der Waals surface area contributed by atoms with Crippen molar-refractivity contribution in [2.75, 3.05) is 5.32 Å². The lowest BCUT2D eigenvalue weighted by molar-refractivity contribution is -0.137. The number of benzene rings is 1. The summed E-state index contributed by atoms with van der Waals surface area (Å²) < 4.78 is 38.4. The minimum absolute atomic E-state index is 0.228. The summed E-state index contributed by atoms with van der Waals surface area (Å²) in [7, 11) is 0. The Kier molecular flexibility index (Phi) is 3.21. The van der Waals surface area contributed by atoms with E-state index in [0.717, 1.165) is 6.07 Å². The van der Waals surface area contributed by atoms with Gasteiger partial charge in [-0.2, -0.15) is 18.3 Å². The number of rotatable bonds is 2. The monoisotopic (exact) mass is 312 g/mol. The topological polar surface area (TPSA) is 53.6 Å². The van der Waals surface area contributed by atoms with E-state index in [4.69, 9.17) is 11.6 Å². The van der Waals surface area contributed by atoms with Gasteiger partial charge in [-0.15, -0.1) is 0 Å². The predicted molar refractivity (Wildman–Crippen MR) is 73.6 cm³/mol. The average molecular weight is 313 g/mol. The molecule has 1 aromatic carbocycles. The smallest absolute Gasteiger partial charge is 0.337 e. The molecule has 2 heterocycles. The van der Waals surface area contributed by atoms with Crippen LogP contribution >= 0.6 is 11.6 Å². The number of fused-ring (bicyclic) bond motifs is 1. The lowest BCUT2D eigenvalue weighted by atomic mass is 10.2. The number of hydrogen-bond acceptors (Lipinski definition) is 3. The molecule has 0 saturated heterocycles. The van der Waals surface area contributed by atoms with Gasteiger partial charge >= 0.3 is 6.18 Å². The van der Waals surface area contributed by atoms with Crippen LogP contribution in [-0.2, 0) is 6.18 Å². The summed E-state index contributed by atoms with van der Waals surface area (Å²) in [6.07, 6.45) is -2.94. The van der Waals surface area contributed by atoms with Crippen molar-refractivity contribution in [2.24, 2.45) is 0 Å².